The van der Waals surface area contributed by atoms with Gasteiger partial charge < -0.3 is 10.1 Å². The monoisotopic (exact) mass is 240 g/mol. The van der Waals surface area contributed by atoms with Crippen LogP contribution in [0.25, 0.3) is 0 Å². The van der Waals surface area contributed by atoms with Crippen molar-refractivity contribution in [2.24, 2.45) is 0 Å². The lowest BCUT2D eigenvalue weighted by Gasteiger charge is -2.12. The van der Waals surface area contributed by atoms with Crippen molar-refractivity contribution in [1.82, 2.24) is 10.3 Å². The van der Waals surface area contributed by atoms with Crippen LogP contribution >= 0.6 is 0 Å². The first-order valence-electron chi connectivity index (χ1n) is 6.20. The summed E-state index contributed by atoms with van der Waals surface area (Å²) in [7, 11) is 0. The van der Waals surface area contributed by atoms with Crippen molar-refractivity contribution in [2.45, 2.75) is 19.5 Å². The van der Waals surface area contributed by atoms with Gasteiger partial charge in [-0.15, -0.1) is 0 Å². The lowest BCUT2D eigenvalue weighted by molar-refractivity contribution is 0.310. The predicted octanol–water partition coefficient (Wildman–Crippen LogP) is 2.61. The molecule has 3 heteroatoms. The second kappa shape index (κ2) is 4.78. The van der Waals surface area contributed by atoms with Crippen LogP contribution in [0.4, 0.5) is 0 Å². The molecule has 1 N–H and O–H groups in total. The molecule has 0 fully saturated rings. The fourth-order valence-corrected chi connectivity index (χ4v) is 2.25. The van der Waals surface area contributed by atoms with Crippen molar-refractivity contribution in [3.8, 4) is 5.75 Å². The number of hydrogen-bond acceptors (Lipinski definition) is 3. The summed E-state index contributed by atoms with van der Waals surface area (Å²) in [6.45, 7) is 3.56. The molecule has 0 saturated heterocycles. The van der Waals surface area contributed by atoms with Gasteiger partial charge in [-0.3, -0.25) is 4.98 Å². The van der Waals surface area contributed by atoms with E-state index in [9.17, 15) is 0 Å². The highest BCUT2D eigenvalue weighted by molar-refractivity contribution is 5.39. The summed E-state index contributed by atoms with van der Waals surface area (Å²) in [6.07, 6.45) is 1.84. The minimum atomic E-state index is 0.266. The van der Waals surface area contributed by atoms with Crippen LogP contribution in [0.1, 0.15) is 22.9 Å². The summed E-state index contributed by atoms with van der Waals surface area (Å²) in [5.41, 5.74) is 3.56. The Morgan fingerprint density at radius 2 is 2.17 bits per heavy atom. The Kier molecular flexibility index (Phi) is 2.99. The number of benzene rings is 1. The van der Waals surface area contributed by atoms with Crippen LogP contribution in [0, 0.1) is 6.92 Å². The summed E-state index contributed by atoms with van der Waals surface area (Å²) < 4.78 is 5.65. The van der Waals surface area contributed by atoms with Crippen LogP contribution in [-0.2, 0) is 6.54 Å². The van der Waals surface area contributed by atoms with Crippen molar-refractivity contribution in [3.05, 3.63) is 59.4 Å². The fourth-order valence-electron chi connectivity index (χ4n) is 2.25. The molecule has 0 saturated carbocycles. The first-order chi connectivity index (χ1) is 8.84. The normalized spacial score (nSPS) is 17.3. The number of aryl methyl sites for hydroxylation is 1. The molecule has 18 heavy (non-hydrogen) atoms. The van der Waals surface area contributed by atoms with Gasteiger partial charge in [0.05, 0.1) is 11.7 Å². The third kappa shape index (κ3) is 2.09. The van der Waals surface area contributed by atoms with Gasteiger partial charge in [0.1, 0.15) is 12.4 Å². The molecular formula is C15H16N2O. The van der Waals surface area contributed by atoms with E-state index in [0.717, 1.165) is 18.0 Å². The van der Waals surface area contributed by atoms with Gasteiger partial charge in [0, 0.05) is 18.3 Å². The van der Waals surface area contributed by atoms with E-state index < -0.39 is 0 Å². The lowest BCUT2D eigenvalue weighted by atomic mass is 10.1. The molecule has 2 heterocycles. The topological polar surface area (TPSA) is 34.2 Å². The Balaban J connectivity index is 1.71. The summed E-state index contributed by atoms with van der Waals surface area (Å²) in [6, 6.07) is 12.5. The number of hydrogen-bond donors (Lipinski definition) is 1. The maximum atomic E-state index is 5.65. The molecule has 1 aromatic carbocycles. The summed E-state index contributed by atoms with van der Waals surface area (Å²) in [4.78, 5) is 4.39. The quantitative estimate of drug-likeness (QED) is 0.895. The lowest BCUT2D eigenvalue weighted by Crippen LogP contribution is -2.22. The minimum Gasteiger partial charge on any atom is -0.491 e. The molecule has 1 aliphatic rings. The maximum absolute atomic E-state index is 5.65. The predicted molar refractivity (Wildman–Crippen MR) is 70.5 cm³/mol. The number of ether oxygens (including phenoxy) is 1. The number of nitrogens with one attached hydrogen (secondary N) is 1. The van der Waals surface area contributed by atoms with Gasteiger partial charge in [-0.25, -0.2) is 0 Å². The zero-order valence-electron chi connectivity index (χ0n) is 10.4. The number of fused-ring (bicyclic) bond motifs is 1. The Labute approximate surface area is 107 Å². The zero-order chi connectivity index (χ0) is 12.4. The molecule has 0 amide bonds. The number of rotatable bonds is 3. The minimum absolute atomic E-state index is 0.266. The third-order valence-corrected chi connectivity index (χ3v) is 3.33. The van der Waals surface area contributed by atoms with Crippen molar-refractivity contribution in [3.63, 3.8) is 0 Å². The maximum Gasteiger partial charge on any atom is 0.124 e. The molecule has 1 atom stereocenters. The molecule has 2 aromatic rings. The second-order valence-corrected chi connectivity index (χ2v) is 4.55. The van der Waals surface area contributed by atoms with Gasteiger partial charge >= 0.3 is 0 Å². The van der Waals surface area contributed by atoms with Crippen LogP contribution < -0.4 is 10.1 Å². The first-order valence-corrected chi connectivity index (χ1v) is 6.20. The molecule has 92 valence electrons. The SMILES string of the molecule is Cc1cccnc1CNC1COc2ccccc21. The van der Waals surface area contributed by atoms with Gasteiger partial charge in [-0.2, -0.15) is 0 Å². The van der Waals surface area contributed by atoms with E-state index >= 15 is 0 Å². The Morgan fingerprint density at radius 3 is 3.06 bits per heavy atom. The molecule has 0 bridgehead atoms. The van der Waals surface area contributed by atoms with E-state index in [1.807, 2.05) is 30.5 Å². The average molecular weight is 240 g/mol. The molecule has 1 aromatic heterocycles. The van der Waals surface area contributed by atoms with Crippen LogP contribution in [0.15, 0.2) is 42.6 Å². The van der Waals surface area contributed by atoms with Crippen molar-refractivity contribution in [1.29, 1.82) is 0 Å². The first kappa shape index (κ1) is 11.2. The highest BCUT2D eigenvalue weighted by Gasteiger charge is 2.22. The molecule has 0 radical (unpaired) electrons. The van der Waals surface area contributed by atoms with E-state index in [1.54, 1.807) is 0 Å². The van der Waals surface area contributed by atoms with Crippen LogP contribution in [0.5, 0.6) is 5.75 Å². The van der Waals surface area contributed by atoms with Crippen LogP contribution in [0.3, 0.4) is 0 Å². The van der Waals surface area contributed by atoms with E-state index in [2.05, 4.69) is 29.4 Å². The van der Waals surface area contributed by atoms with Gasteiger partial charge in [-0.05, 0) is 24.6 Å². The molecule has 3 nitrogen and oxygen atoms in total. The molecular weight excluding hydrogens is 224 g/mol. The Hall–Kier alpha value is -1.87. The summed E-state index contributed by atoms with van der Waals surface area (Å²) in [5.74, 6) is 0.993. The highest BCUT2D eigenvalue weighted by Crippen LogP contribution is 2.31. The van der Waals surface area contributed by atoms with Gasteiger partial charge in [0.2, 0.25) is 0 Å². The van der Waals surface area contributed by atoms with Gasteiger partial charge in [0.15, 0.2) is 0 Å². The number of para-hydroxylation sites is 1. The summed E-state index contributed by atoms with van der Waals surface area (Å²) in [5, 5.41) is 3.51. The molecule has 1 unspecified atom stereocenters. The second-order valence-electron chi connectivity index (χ2n) is 4.55. The van der Waals surface area contributed by atoms with Crippen LogP contribution in [-0.4, -0.2) is 11.6 Å². The van der Waals surface area contributed by atoms with Gasteiger partial charge in [0.25, 0.3) is 0 Å². The smallest absolute Gasteiger partial charge is 0.124 e. The van der Waals surface area contributed by atoms with Crippen LogP contribution in [0.2, 0.25) is 0 Å². The summed E-state index contributed by atoms with van der Waals surface area (Å²) >= 11 is 0. The van der Waals surface area contributed by atoms with Gasteiger partial charge in [-0.1, -0.05) is 24.3 Å². The zero-order valence-corrected chi connectivity index (χ0v) is 10.4. The van der Waals surface area contributed by atoms with E-state index in [-0.39, 0.29) is 6.04 Å². The third-order valence-electron chi connectivity index (χ3n) is 3.33. The standard InChI is InChI=1S/C15H16N2O/c1-11-5-4-8-16-13(11)9-17-14-10-18-15-7-3-2-6-12(14)15/h2-8,14,17H,9-10H2,1H3. The number of aromatic nitrogens is 1. The number of pyridine rings is 1. The van der Waals surface area contributed by atoms with E-state index in [1.165, 1.54) is 11.1 Å². The average Bonchev–Trinajstić information content (AvgIpc) is 2.81. The van der Waals surface area contributed by atoms with Crippen molar-refractivity contribution in [2.75, 3.05) is 6.61 Å². The largest absolute Gasteiger partial charge is 0.491 e. The Morgan fingerprint density at radius 1 is 1.28 bits per heavy atom. The molecule has 0 spiro atoms. The molecule has 0 aliphatic carbocycles. The fraction of sp³-hybridized carbons (Fsp3) is 0.267. The molecule has 3 rings (SSSR count). The Bertz CT molecular complexity index is 554. The van der Waals surface area contributed by atoms with Crippen molar-refractivity contribution >= 4 is 0 Å². The molecule has 1 aliphatic heterocycles. The van der Waals surface area contributed by atoms with Crippen molar-refractivity contribution < 1.29 is 4.74 Å². The van der Waals surface area contributed by atoms with E-state index in [4.69, 9.17) is 4.74 Å². The highest BCUT2D eigenvalue weighted by atomic mass is 16.5. The van der Waals surface area contributed by atoms with E-state index in [0.29, 0.717) is 6.61 Å². The number of nitrogens with zero attached hydrogens (tertiary/aromatic N) is 1.